The predicted octanol–water partition coefficient (Wildman–Crippen LogP) is 3.46. The average Bonchev–Trinajstić information content (AvgIpc) is 3.10. The van der Waals surface area contributed by atoms with Crippen molar-refractivity contribution < 1.29 is 17.6 Å². The molecule has 3 aromatic rings. The van der Waals surface area contributed by atoms with Gasteiger partial charge in [0.2, 0.25) is 15.9 Å². The first-order chi connectivity index (χ1) is 15.3. The molecule has 0 unspecified atom stereocenters. The summed E-state index contributed by atoms with van der Waals surface area (Å²) >= 11 is 1.47. The Morgan fingerprint density at radius 2 is 1.91 bits per heavy atom. The lowest BCUT2D eigenvalue weighted by Crippen LogP contribution is -2.46. The van der Waals surface area contributed by atoms with E-state index in [1.54, 1.807) is 6.07 Å². The monoisotopic (exact) mass is 475 g/mol. The minimum absolute atomic E-state index is 0.00424. The van der Waals surface area contributed by atoms with Gasteiger partial charge in [-0.2, -0.15) is 0 Å². The fraction of sp³-hybridized carbons (Fsp3) is 0.348. The van der Waals surface area contributed by atoms with E-state index in [4.69, 9.17) is 0 Å². The van der Waals surface area contributed by atoms with Crippen LogP contribution in [0.4, 0.5) is 4.39 Å². The van der Waals surface area contributed by atoms with Gasteiger partial charge in [0.1, 0.15) is 5.82 Å². The second-order valence-corrected chi connectivity index (χ2v) is 11.1. The molecule has 1 saturated heterocycles. The number of aromatic nitrogens is 1. The van der Waals surface area contributed by atoms with Crippen molar-refractivity contribution in [1.82, 2.24) is 14.2 Å². The van der Waals surface area contributed by atoms with Crippen molar-refractivity contribution in [3.05, 3.63) is 66.1 Å². The quantitative estimate of drug-likeness (QED) is 0.532. The SMILES string of the molecule is CS(=O)(=O)N1CCC(NC(=O)CSc2cn(Cc3cccc(F)c3)c3ccccc23)CC1. The van der Waals surface area contributed by atoms with Gasteiger partial charge in [0, 0.05) is 47.7 Å². The van der Waals surface area contributed by atoms with E-state index >= 15 is 0 Å². The van der Waals surface area contributed by atoms with Gasteiger partial charge in [0.05, 0.1) is 12.0 Å². The van der Waals surface area contributed by atoms with Gasteiger partial charge in [-0.15, -0.1) is 11.8 Å². The zero-order chi connectivity index (χ0) is 22.7. The number of carbonyl (C=O) groups is 1. The molecule has 6 nitrogen and oxygen atoms in total. The minimum Gasteiger partial charge on any atom is -0.353 e. The van der Waals surface area contributed by atoms with Crippen LogP contribution in [-0.4, -0.2) is 54.3 Å². The number of amides is 1. The first-order valence-electron chi connectivity index (χ1n) is 10.5. The molecule has 2 aromatic carbocycles. The third-order valence-electron chi connectivity index (χ3n) is 5.64. The Labute approximate surface area is 191 Å². The van der Waals surface area contributed by atoms with Crippen LogP contribution in [0.3, 0.4) is 0 Å². The Hall–Kier alpha value is -2.36. The Morgan fingerprint density at radius 1 is 1.16 bits per heavy atom. The lowest BCUT2D eigenvalue weighted by Gasteiger charge is -2.30. The zero-order valence-electron chi connectivity index (χ0n) is 17.8. The number of rotatable bonds is 7. The number of nitrogens with one attached hydrogen (secondary N) is 1. The summed E-state index contributed by atoms with van der Waals surface area (Å²) in [6, 6.07) is 14.5. The third-order valence-corrected chi connectivity index (χ3v) is 7.99. The topological polar surface area (TPSA) is 71.4 Å². The Morgan fingerprint density at radius 3 is 2.62 bits per heavy atom. The first-order valence-corrected chi connectivity index (χ1v) is 13.3. The Kier molecular flexibility index (Phi) is 6.88. The summed E-state index contributed by atoms with van der Waals surface area (Å²) in [6.07, 6.45) is 4.47. The van der Waals surface area contributed by atoms with Gasteiger partial charge in [-0.05, 0) is 36.6 Å². The van der Waals surface area contributed by atoms with Gasteiger partial charge >= 0.3 is 0 Å². The number of halogens is 1. The van der Waals surface area contributed by atoms with Crippen LogP contribution in [-0.2, 0) is 21.4 Å². The van der Waals surface area contributed by atoms with Gasteiger partial charge in [0.15, 0.2) is 0 Å². The summed E-state index contributed by atoms with van der Waals surface area (Å²) in [5, 5.41) is 4.09. The van der Waals surface area contributed by atoms with E-state index in [0.29, 0.717) is 32.5 Å². The van der Waals surface area contributed by atoms with Crippen molar-refractivity contribution in [2.24, 2.45) is 0 Å². The summed E-state index contributed by atoms with van der Waals surface area (Å²) in [7, 11) is -3.17. The van der Waals surface area contributed by atoms with Crippen LogP contribution in [0.25, 0.3) is 10.9 Å². The average molecular weight is 476 g/mol. The Bertz CT molecular complexity index is 1220. The Balaban J connectivity index is 1.39. The standard InChI is InChI=1S/C23H26FN3O3S2/c1-32(29,30)27-11-9-19(10-12-27)25-23(28)16-31-22-15-26(21-8-3-2-7-20(21)22)14-17-5-4-6-18(24)13-17/h2-8,13,15,19H,9-12,14,16H2,1H3,(H,25,28). The molecule has 32 heavy (non-hydrogen) atoms. The van der Waals surface area contributed by atoms with Crippen molar-refractivity contribution in [2.75, 3.05) is 25.1 Å². The van der Waals surface area contributed by atoms with E-state index in [9.17, 15) is 17.6 Å². The maximum Gasteiger partial charge on any atom is 0.230 e. The molecule has 0 atom stereocenters. The minimum atomic E-state index is -3.17. The molecule has 1 aromatic heterocycles. The zero-order valence-corrected chi connectivity index (χ0v) is 19.5. The van der Waals surface area contributed by atoms with E-state index in [1.165, 1.54) is 34.5 Å². The van der Waals surface area contributed by atoms with Crippen molar-refractivity contribution >= 4 is 38.6 Å². The molecule has 9 heteroatoms. The van der Waals surface area contributed by atoms with Crippen molar-refractivity contribution in [1.29, 1.82) is 0 Å². The number of carbonyl (C=O) groups excluding carboxylic acids is 1. The van der Waals surface area contributed by atoms with E-state index < -0.39 is 10.0 Å². The third kappa shape index (κ3) is 5.51. The number of benzene rings is 2. The summed E-state index contributed by atoms with van der Waals surface area (Å²) in [5.41, 5.74) is 1.91. The molecular weight excluding hydrogens is 449 g/mol. The summed E-state index contributed by atoms with van der Waals surface area (Å²) < 4.78 is 40.4. The predicted molar refractivity (Wildman–Crippen MR) is 126 cm³/mol. The van der Waals surface area contributed by atoms with Gasteiger partial charge < -0.3 is 9.88 Å². The van der Waals surface area contributed by atoms with Crippen LogP contribution in [0.5, 0.6) is 0 Å². The molecule has 0 bridgehead atoms. The fourth-order valence-electron chi connectivity index (χ4n) is 4.04. The van der Waals surface area contributed by atoms with Crippen molar-refractivity contribution in [2.45, 2.75) is 30.3 Å². The molecule has 1 fully saturated rings. The van der Waals surface area contributed by atoms with E-state index in [2.05, 4.69) is 9.88 Å². The molecule has 1 N–H and O–H groups in total. The number of nitrogens with zero attached hydrogens (tertiary/aromatic N) is 2. The second-order valence-electron chi connectivity index (χ2n) is 8.06. The number of hydrogen-bond donors (Lipinski definition) is 1. The summed E-state index contributed by atoms with van der Waals surface area (Å²) in [6.45, 7) is 1.42. The van der Waals surface area contributed by atoms with E-state index in [0.717, 1.165) is 21.4 Å². The summed E-state index contributed by atoms with van der Waals surface area (Å²) in [5.74, 6) is -0.0392. The first kappa shape index (κ1) is 22.8. The number of sulfonamides is 1. The molecule has 0 spiro atoms. The molecular formula is C23H26FN3O3S2. The van der Waals surface area contributed by atoms with Gasteiger partial charge in [0.25, 0.3) is 0 Å². The van der Waals surface area contributed by atoms with Crippen LogP contribution < -0.4 is 5.32 Å². The molecule has 1 amide bonds. The molecule has 0 radical (unpaired) electrons. The summed E-state index contributed by atoms with van der Waals surface area (Å²) in [4.78, 5) is 13.5. The highest BCUT2D eigenvalue weighted by Crippen LogP contribution is 2.30. The number of thioether (sulfide) groups is 1. The highest BCUT2D eigenvalue weighted by molar-refractivity contribution is 8.00. The number of fused-ring (bicyclic) bond motifs is 1. The molecule has 2 heterocycles. The van der Waals surface area contributed by atoms with Gasteiger partial charge in [-0.1, -0.05) is 30.3 Å². The second kappa shape index (κ2) is 9.64. The molecule has 1 aliphatic rings. The molecule has 0 saturated carbocycles. The highest BCUT2D eigenvalue weighted by atomic mass is 32.2. The van der Waals surface area contributed by atoms with Gasteiger partial charge in [-0.3, -0.25) is 4.79 Å². The highest BCUT2D eigenvalue weighted by Gasteiger charge is 2.25. The van der Waals surface area contributed by atoms with E-state index in [-0.39, 0.29) is 23.5 Å². The number of para-hydroxylation sites is 1. The maximum atomic E-state index is 13.6. The molecule has 170 valence electrons. The normalized spacial score (nSPS) is 15.8. The number of piperidine rings is 1. The molecule has 1 aliphatic heterocycles. The van der Waals surface area contributed by atoms with Crippen LogP contribution >= 0.6 is 11.8 Å². The van der Waals surface area contributed by atoms with Crippen LogP contribution in [0.2, 0.25) is 0 Å². The molecule has 4 rings (SSSR count). The van der Waals surface area contributed by atoms with E-state index in [1.807, 2.05) is 36.5 Å². The molecule has 0 aliphatic carbocycles. The van der Waals surface area contributed by atoms with Crippen LogP contribution in [0.15, 0.2) is 59.6 Å². The fourth-order valence-corrected chi connectivity index (χ4v) is 5.81. The lowest BCUT2D eigenvalue weighted by atomic mass is 10.1. The number of hydrogen-bond acceptors (Lipinski definition) is 4. The maximum absolute atomic E-state index is 13.6. The van der Waals surface area contributed by atoms with Crippen molar-refractivity contribution in [3.8, 4) is 0 Å². The van der Waals surface area contributed by atoms with Crippen LogP contribution in [0.1, 0.15) is 18.4 Å². The smallest absolute Gasteiger partial charge is 0.230 e. The van der Waals surface area contributed by atoms with Crippen LogP contribution in [0, 0.1) is 5.82 Å². The largest absolute Gasteiger partial charge is 0.353 e. The lowest BCUT2D eigenvalue weighted by molar-refractivity contribution is -0.119. The van der Waals surface area contributed by atoms with Gasteiger partial charge in [-0.25, -0.2) is 17.1 Å². The van der Waals surface area contributed by atoms with Crippen molar-refractivity contribution in [3.63, 3.8) is 0 Å².